The van der Waals surface area contributed by atoms with Crippen LogP contribution in [0.4, 0.5) is 0 Å². The van der Waals surface area contributed by atoms with Crippen LogP contribution in [0.25, 0.3) is 5.69 Å². The third-order valence-corrected chi connectivity index (χ3v) is 3.68. The maximum Gasteiger partial charge on any atom is 0.224 e. The molecule has 0 aliphatic rings. The molecule has 1 amide bonds. The summed E-state index contributed by atoms with van der Waals surface area (Å²) < 4.78 is 1.78. The Balaban J connectivity index is 1.86. The maximum atomic E-state index is 12.1. The molecular weight excluding hydrogens is 290 g/mol. The minimum atomic E-state index is -0.364. The number of amides is 1. The topological polar surface area (TPSA) is 67.2 Å². The van der Waals surface area contributed by atoms with Crippen molar-refractivity contribution in [1.82, 2.24) is 15.1 Å². The first-order valence-electron chi connectivity index (χ1n) is 7.89. The van der Waals surface area contributed by atoms with Gasteiger partial charge in [0.1, 0.15) is 0 Å². The second-order valence-electron chi connectivity index (χ2n) is 6.79. The van der Waals surface area contributed by atoms with Crippen molar-refractivity contribution in [2.75, 3.05) is 6.54 Å². The van der Waals surface area contributed by atoms with Gasteiger partial charge >= 0.3 is 0 Å². The molecule has 0 saturated heterocycles. The van der Waals surface area contributed by atoms with E-state index in [1.807, 2.05) is 50.4 Å². The van der Waals surface area contributed by atoms with Crippen LogP contribution in [0, 0.1) is 5.41 Å². The first-order valence-corrected chi connectivity index (χ1v) is 7.89. The van der Waals surface area contributed by atoms with Gasteiger partial charge in [0.05, 0.1) is 18.2 Å². The van der Waals surface area contributed by atoms with Gasteiger partial charge in [0.15, 0.2) is 0 Å². The lowest BCUT2D eigenvalue weighted by Crippen LogP contribution is -2.36. The van der Waals surface area contributed by atoms with Crippen LogP contribution in [0.5, 0.6) is 0 Å². The largest absolute Gasteiger partial charge is 0.393 e. The molecule has 0 fully saturated rings. The molecule has 23 heavy (non-hydrogen) atoms. The number of carbonyl (C=O) groups excluding carboxylic acids is 1. The fourth-order valence-corrected chi connectivity index (χ4v) is 2.65. The van der Waals surface area contributed by atoms with Gasteiger partial charge in [0.25, 0.3) is 0 Å². The lowest BCUT2D eigenvalue weighted by molar-refractivity contribution is -0.121. The molecule has 1 aromatic heterocycles. The van der Waals surface area contributed by atoms with Gasteiger partial charge in [-0.05, 0) is 42.5 Å². The van der Waals surface area contributed by atoms with Crippen molar-refractivity contribution in [3.05, 3.63) is 48.3 Å². The van der Waals surface area contributed by atoms with Gasteiger partial charge in [-0.15, -0.1) is 0 Å². The third kappa shape index (κ3) is 5.53. The average molecular weight is 315 g/mol. The zero-order valence-electron chi connectivity index (χ0n) is 14.0. The minimum absolute atomic E-state index is 0.00416. The molecule has 0 spiro atoms. The quantitative estimate of drug-likeness (QED) is 0.824. The number of benzene rings is 1. The van der Waals surface area contributed by atoms with Crippen molar-refractivity contribution in [2.45, 2.75) is 39.7 Å². The molecule has 5 nitrogen and oxygen atoms in total. The molecule has 0 saturated carbocycles. The zero-order chi connectivity index (χ0) is 16.9. The van der Waals surface area contributed by atoms with Crippen LogP contribution >= 0.6 is 0 Å². The van der Waals surface area contributed by atoms with E-state index in [9.17, 15) is 9.90 Å². The van der Waals surface area contributed by atoms with Gasteiger partial charge in [-0.25, -0.2) is 4.68 Å². The van der Waals surface area contributed by atoms with E-state index in [0.29, 0.717) is 19.4 Å². The van der Waals surface area contributed by atoms with Crippen molar-refractivity contribution >= 4 is 5.91 Å². The molecule has 0 radical (unpaired) electrons. The highest BCUT2D eigenvalue weighted by Crippen LogP contribution is 2.21. The number of hydrogen-bond donors (Lipinski definition) is 2. The molecule has 5 heteroatoms. The lowest BCUT2D eigenvalue weighted by Gasteiger charge is -2.26. The van der Waals surface area contributed by atoms with E-state index in [0.717, 1.165) is 11.3 Å². The Hall–Kier alpha value is -2.14. The van der Waals surface area contributed by atoms with Gasteiger partial charge in [-0.2, -0.15) is 5.10 Å². The molecule has 1 unspecified atom stereocenters. The summed E-state index contributed by atoms with van der Waals surface area (Å²) in [5.41, 5.74) is 1.82. The molecule has 0 bridgehead atoms. The van der Waals surface area contributed by atoms with Crippen LogP contribution in [-0.2, 0) is 11.2 Å². The monoisotopic (exact) mass is 315 g/mol. The van der Waals surface area contributed by atoms with Crippen molar-refractivity contribution in [3.63, 3.8) is 0 Å². The highest BCUT2D eigenvalue weighted by molar-refractivity contribution is 5.78. The Morgan fingerprint density at radius 1 is 1.35 bits per heavy atom. The normalized spacial score (nSPS) is 12.9. The highest BCUT2D eigenvalue weighted by Gasteiger charge is 2.21. The average Bonchev–Trinajstić information content (AvgIpc) is 2.99. The van der Waals surface area contributed by atoms with Crippen LogP contribution in [-0.4, -0.2) is 33.4 Å². The van der Waals surface area contributed by atoms with Crippen molar-refractivity contribution < 1.29 is 9.90 Å². The van der Waals surface area contributed by atoms with Crippen LogP contribution in [0.1, 0.15) is 32.8 Å². The number of hydrogen-bond acceptors (Lipinski definition) is 3. The predicted molar refractivity (Wildman–Crippen MR) is 90.4 cm³/mol. The number of rotatable bonds is 7. The van der Waals surface area contributed by atoms with E-state index in [4.69, 9.17) is 0 Å². The Morgan fingerprint density at radius 3 is 2.61 bits per heavy atom. The molecule has 2 aromatic rings. The van der Waals surface area contributed by atoms with Crippen molar-refractivity contribution in [2.24, 2.45) is 5.41 Å². The van der Waals surface area contributed by atoms with Gasteiger partial charge in [-0.3, -0.25) is 4.79 Å². The number of aliphatic hydroxyl groups is 1. The SMILES string of the molecule is CC(O)CC(C)(C)CNC(=O)Cc1ccc(-n2cccn2)cc1. The summed E-state index contributed by atoms with van der Waals surface area (Å²) in [6.07, 6.45) is 4.26. The summed E-state index contributed by atoms with van der Waals surface area (Å²) >= 11 is 0. The Labute approximate surface area is 137 Å². The zero-order valence-corrected chi connectivity index (χ0v) is 14.0. The van der Waals surface area contributed by atoms with Crippen LogP contribution in [0.3, 0.4) is 0 Å². The van der Waals surface area contributed by atoms with E-state index in [-0.39, 0.29) is 17.4 Å². The number of nitrogens with one attached hydrogen (secondary N) is 1. The second kappa shape index (κ2) is 7.42. The van der Waals surface area contributed by atoms with Gasteiger partial charge < -0.3 is 10.4 Å². The number of carbonyl (C=O) groups is 1. The molecule has 124 valence electrons. The summed E-state index contributed by atoms with van der Waals surface area (Å²) in [4.78, 5) is 12.1. The minimum Gasteiger partial charge on any atom is -0.393 e. The van der Waals surface area contributed by atoms with Crippen LogP contribution in [0.2, 0.25) is 0 Å². The number of aliphatic hydroxyl groups excluding tert-OH is 1. The van der Waals surface area contributed by atoms with E-state index in [2.05, 4.69) is 10.4 Å². The van der Waals surface area contributed by atoms with E-state index in [1.165, 1.54) is 0 Å². The molecular formula is C18H25N3O2. The maximum absolute atomic E-state index is 12.1. The molecule has 1 heterocycles. The van der Waals surface area contributed by atoms with E-state index < -0.39 is 0 Å². The van der Waals surface area contributed by atoms with Gasteiger partial charge in [-0.1, -0.05) is 26.0 Å². The summed E-state index contributed by atoms with van der Waals surface area (Å²) in [5.74, 6) is -0.00416. The molecule has 1 atom stereocenters. The lowest BCUT2D eigenvalue weighted by atomic mass is 9.87. The standard InChI is InChI=1S/C18H25N3O2/c1-14(22)12-18(2,3)13-19-17(23)11-15-5-7-16(8-6-15)21-10-4-9-20-21/h4-10,14,22H,11-13H2,1-3H3,(H,19,23). The summed E-state index contributed by atoms with van der Waals surface area (Å²) in [5, 5.41) is 16.6. The molecule has 2 N–H and O–H groups in total. The van der Waals surface area contributed by atoms with Crippen molar-refractivity contribution in [1.29, 1.82) is 0 Å². The Kier molecular flexibility index (Phi) is 5.55. The Bertz CT molecular complexity index is 616. The first kappa shape index (κ1) is 17.2. The van der Waals surface area contributed by atoms with Crippen LogP contribution < -0.4 is 5.32 Å². The molecule has 0 aliphatic carbocycles. The van der Waals surface area contributed by atoms with Gasteiger partial charge in [0.2, 0.25) is 5.91 Å². The third-order valence-electron chi connectivity index (χ3n) is 3.68. The van der Waals surface area contributed by atoms with E-state index in [1.54, 1.807) is 17.8 Å². The van der Waals surface area contributed by atoms with Crippen molar-refractivity contribution in [3.8, 4) is 5.69 Å². The van der Waals surface area contributed by atoms with Crippen LogP contribution in [0.15, 0.2) is 42.7 Å². The predicted octanol–water partition coefficient (Wildman–Crippen LogP) is 2.33. The fraction of sp³-hybridized carbons (Fsp3) is 0.444. The molecule has 0 aliphatic heterocycles. The first-order chi connectivity index (χ1) is 10.9. The highest BCUT2D eigenvalue weighted by atomic mass is 16.3. The summed E-state index contributed by atoms with van der Waals surface area (Å²) in [7, 11) is 0. The van der Waals surface area contributed by atoms with Gasteiger partial charge in [0, 0.05) is 18.9 Å². The molecule has 1 aromatic carbocycles. The second-order valence-corrected chi connectivity index (χ2v) is 6.79. The fourth-order valence-electron chi connectivity index (χ4n) is 2.65. The number of nitrogens with zero attached hydrogens (tertiary/aromatic N) is 2. The van der Waals surface area contributed by atoms with E-state index >= 15 is 0 Å². The Morgan fingerprint density at radius 2 is 2.04 bits per heavy atom. The number of aromatic nitrogens is 2. The summed E-state index contributed by atoms with van der Waals surface area (Å²) in [6, 6.07) is 9.66. The smallest absolute Gasteiger partial charge is 0.224 e. The summed E-state index contributed by atoms with van der Waals surface area (Å²) in [6.45, 7) is 6.41. The molecule has 2 rings (SSSR count).